The fourth-order valence-corrected chi connectivity index (χ4v) is 9.95. The maximum atomic E-state index is 16.3. The van der Waals surface area contributed by atoms with Gasteiger partial charge in [0.15, 0.2) is 0 Å². The van der Waals surface area contributed by atoms with Crippen LogP contribution in [0.15, 0.2) is 170 Å². The van der Waals surface area contributed by atoms with Crippen molar-refractivity contribution in [1.82, 2.24) is 15.5 Å². The number of fused-ring (bicyclic) bond motifs is 3. The van der Waals surface area contributed by atoms with E-state index in [0.717, 1.165) is 16.0 Å². The molecule has 0 radical (unpaired) electrons. The van der Waals surface area contributed by atoms with Crippen LogP contribution in [-0.2, 0) is 24.5 Å². The number of aliphatic hydroxyl groups is 2. The molecule has 6 aromatic carbocycles. The number of para-hydroxylation sites is 1. The molecule has 9 rings (SSSR count). The molecule has 1 spiro atoms. The minimum Gasteiger partial charge on any atom is -0.491 e. The van der Waals surface area contributed by atoms with Gasteiger partial charge in [-0.2, -0.15) is 0 Å². The highest BCUT2D eigenvalue weighted by molar-refractivity contribution is 6.24. The number of urea groups is 1. The molecule has 0 aromatic heterocycles. The molecule has 0 saturated carbocycles. The van der Waals surface area contributed by atoms with Crippen molar-refractivity contribution < 1.29 is 38.9 Å². The standard InChI is InChI=1S/C52H48N4O8/c1-33(34-16-6-2-7-17-34)54-51(62)55-41-25-15-14-24-40(41)52(50(55)61)43(48(59)53-32-42(58)35-18-8-3-9-19-35)45-49(60)64-46(37-22-12-5-13-23-37)44(36-20-10-4-11-21-36)56(45)47(52)38-26-28-39(29-27-38)63-31-30-57/h2-29,33,42-47,57-58H,30-32H2,1H3,(H,53,59)(H,54,62)/t33-,42+,43+,44+,45+,46-,47-,52+/m1/s1. The van der Waals surface area contributed by atoms with Gasteiger partial charge in [0.25, 0.3) is 0 Å². The fraction of sp³-hybridized carbons (Fsp3) is 0.231. The minimum atomic E-state index is -1.94. The van der Waals surface area contributed by atoms with E-state index in [1.54, 1.807) is 72.8 Å². The largest absolute Gasteiger partial charge is 0.491 e. The maximum Gasteiger partial charge on any atom is 0.329 e. The molecule has 2 saturated heterocycles. The molecule has 6 aromatic rings. The number of ether oxygens (including phenoxy) is 2. The molecule has 12 nitrogen and oxygen atoms in total. The molecule has 4 N–H and O–H groups in total. The number of morpholine rings is 1. The number of carbonyl (C=O) groups excluding carboxylic acids is 4. The van der Waals surface area contributed by atoms with Crippen LogP contribution in [0.5, 0.6) is 5.75 Å². The number of nitrogens with one attached hydrogen (secondary N) is 2. The summed E-state index contributed by atoms with van der Waals surface area (Å²) in [6.07, 6.45) is -2.01. The number of amides is 4. The second-order valence-electron chi connectivity index (χ2n) is 16.3. The van der Waals surface area contributed by atoms with E-state index < -0.39 is 71.5 Å². The van der Waals surface area contributed by atoms with Crippen molar-refractivity contribution in [3.8, 4) is 5.75 Å². The molecule has 0 unspecified atom stereocenters. The van der Waals surface area contributed by atoms with Gasteiger partial charge in [0.2, 0.25) is 11.8 Å². The number of carbonyl (C=O) groups is 4. The van der Waals surface area contributed by atoms with Crippen molar-refractivity contribution in [3.05, 3.63) is 203 Å². The van der Waals surface area contributed by atoms with Crippen molar-refractivity contribution in [2.75, 3.05) is 24.7 Å². The van der Waals surface area contributed by atoms with E-state index in [0.29, 0.717) is 28.0 Å². The van der Waals surface area contributed by atoms with Crippen LogP contribution in [0.25, 0.3) is 0 Å². The summed E-state index contributed by atoms with van der Waals surface area (Å²) in [5.41, 5.74) is 2.12. The Morgan fingerprint density at radius 2 is 1.30 bits per heavy atom. The highest BCUT2D eigenvalue weighted by Crippen LogP contribution is 2.65. The second-order valence-corrected chi connectivity index (χ2v) is 16.3. The fourth-order valence-electron chi connectivity index (χ4n) is 9.95. The lowest BCUT2D eigenvalue weighted by Crippen LogP contribution is -2.56. The van der Waals surface area contributed by atoms with Crippen molar-refractivity contribution in [1.29, 1.82) is 0 Å². The van der Waals surface area contributed by atoms with Gasteiger partial charge in [-0.3, -0.25) is 19.3 Å². The van der Waals surface area contributed by atoms with Gasteiger partial charge in [-0.25, -0.2) is 9.69 Å². The number of rotatable bonds is 12. The Hall–Kier alpha value is -7.12. The number of esters is 1. The topological polar surface area (TPSA) is 158 Å². The predicted octanol–water partition coefficient (Wildman–Crippen LogP) is 7.04. The highest BCUT2D eigenvalue weighted by Gasteiger charge is 2.75. The van der Waals surface area contributed by atoms with E-state index in [-0.39, 0.29) is 25.4 Å². The van der Waals surface area contributed by atoms with Crippen LogP contribution >= 0.6 is 0 Å². The van der Waals surface area contributed by atoms with E-state index in [1.165, 1.54) is 0 Å². The van der Waals surface area contributed by atoms with Crippen molar-refractivity contribution >= 4 is 29.5 Å². The smallest absolute Gasteiger partial charge is 0.329 e. The molecule has 0 aliphatic carbocycles. The number of cyclic esters (lactones) is 1. The van der Waals surface area contributed by atoms with Crippen LogP contribution in [0.3, 0.4) is 0 Å². The van der Waals surface area contributed by atoms with Gasteiger partial charge in [0.05, 0.1) is 42.4 Å². The number of anilines is 1. The van der Waals surface area contributed by atoms with Crippen LogP contribution < -0.4 is 20.3 Å². The van der Waals surface area contributed by atoms with Gasteiger partial charge in [-0.05, 0) is 58.5 Å². The summed E-state index contributed by atoms with van der Waals surface area (Å²) in [6.45, 7) is 1.44. The second kappa shape index (κ2) is 17.9. The molecule has 324 valence electrons. The Morgan fingerprint density at radius 3 is 1.94 bits per heavy atom. The third kappa shape index (κ3) is 7.38. The lowest BCUT2D eigenvalue weighted by atomic mass is 9.65. The Balaban J connectivity index is 1.27. The van der Waals surface area contributed by atoms with Gasteiger partial charge in [-0.15, -0.1) is 0 Å². The quantitative estimate of drug-likeness (QED) is 0.0948. The molecular formula is C52H48N4O8. The van der Waals surface area contributed by atoms with E-state index in [4.69, 9.17) is 9.47 Å². The summed E-state index contributed by atoms with van der Waals surface area (Å²) in [5.74, 6) is -3.15. The van der Waals surface area contributed by atoms with E-state index in [1.807, 2.05) is 109 Å². The predicted molar refractivity (Wildman–Crippen MR) is 239 cm³/mol. The first kappa shape index (κ1) is 42.2. The maximum absolute atomic E-state index is 16.3. The first-order chi connectivity index (χ1) is 31.2. The summed E-state index contributed by atoms with van der Waals surface area (Å²) in [6, 6.07) is 46.7. The minimum absolute atomic E-state index is 0.0516. The van der Waals surface area contributed by atoms with Crippen LogP contribution in [0.2, 0.25) is 0 Å². The Morgan fingerprint density at radius 1 is 0.719 bits per heavy atom. The Kier molecular flexibility index (Phi) is 11.8. The molecule has 3 aliphatic heterocycles. The molecule has 4 amide bonds. The Labute approximate surface area is 371 Å². The lowest BCUT2D eigenvalue weighted by molar-refractivity contribution is -0.178. The van der Waals surface area contributed by atoms with Gasteiger partial charge >= 0.3 is 12.0 Å². The van der Waals surface area contributed by atoms with Crippen molar-refractivity contribution in [2.24, 2.45) is 5.92 Å². The molecule has 12 heteroatoms. The highest BCUT2D eigenvalue weighted by atomic mass is 16.6. The van der Waals surface area contributed by atoms with Gasteiger partial charge in [-0.1, -0.05) is 152 Å². The first-order valence-electron chi connectivity index (χ1n) is 21.5. The van der Waals surface area contributed by atoms with Gasteiger partial charge < -0.3 is 30.3 Å². The average Bonchev–Trinajstić information content (AvgIpc) is 3.80. The summed E-state index contributed by atoms with van der Waals surface area (Å²) < 4.78 is 12.3. The zero-order chi connectivity index (χ0) is 44.4. The molecule has 8 atom stereocenters. The number of imide groups is 1. The van der Waals surface area contributed by atoms with Gasteiger partial charge in [0.1, 0.15) is 29.9 Å². The average molecular weight is 857 g/mol. The van der Waals surface area contributed by atoms with Crippen molar-refractivity contribution in [3.63, 3.8) is 0 Å². The number of hydrogen-bond donors (Lipinski definition) is 4. The molecule has 0 bridgehead atoms. The molecule has 3 aliphatic rings. The van der Waals surface area contributed by atoms with Crippen LogP contribution in [-0.4, -0.2) is 64.7 Å². The molecule has 64 heavy (non-hydrogen) atoms. The summed E-state index contributed by atoms with van der Waals surface area (Å²) in [5, 5.41) is 26.9. The normalized spacial score (nSPS) is 23.4. The number of nitrogens with zero attached hydrogens (tertiary/aromatic N) is 2. The van der Waals surface area contributed by atoms with E-state index >= 15 is 14.4 Å². The third-order valence-corrected chi connectivity index (χ3v) is 12.7. The molecule has 2 fully saturated rings. The number of hydrogen-bond acceptors (Lipinski definition) is 9. The lowest BCUT2D eigenvalue weighted by Gasteiger charge is -2.46. The van der Waals surface area contributed by atoms with E-state index in [9.17, 15) is 15.0 Å². The monoisotopic (exact) mass is 856 g/mol. The summed E-state index contributed by atoms with van der Waals surface area (Å²) in [7, 11) is 0. The van der Waals surface area contributed by atoms with E-state index in [2.05, 4.69) is 10.6 Å². The summed E-state index contributed by atoms with van der Waals surface area (Å²) in [4.78, 5) is 64.8. The van der Waals surface area contributed by atoms with Crippen LogP contribution in [0, 0.1) is 5.92 Å². The van der Waals surface area contributed by atoms with Crippen LogP contribution in [0.4, 0.5) is 10.5 Å². The molecular weight excluding hydrogens is 809 g/mol. The zero-order valence-corrected chi connectivity index (χ0v) is 35.1. The SMILES string of the molecule is C[C@@H](NC(=O)N1C(=O)[C@@]2(c3ccccc31)[C@H](C(=O)NC[C@H](O)c1ccccc1)[C@H]1C(=O)O[C@H](c3ccccc3)[C@H](c3ccccc3)N1[C@@H]2c1ccc(OCCO)cc1)c1ccccc1. The van der Waals surface area contributed by atoms with Crippen molar-refractivity contribution in [2.45, 2.75) is 48.7 Å². The van der Waals surface area contributed by atoms with Gasteiger partial charge in [0, 0.05) is 6.54 Å². The number of benzene rings is 6. The first-order valence-corrected chi connectivity index (χ1v) is 21.5. The Bertz CT molecular complexity index is 2620. The third-order valence-electron chi connectivity index (χ3n) is 12.7. The number of aliphatic hydroxyl groups excluding tert-OH is 2. The zero-order valence-electron chi connectivity index (χ0n) is 35.1. The van der Waals surface area contributed by atoms with Crippen LogP contribution in [0.1, 0.15) is 70.6 Å². The molecule has 3 heterocycles. The summed E-state index contributed by atoms with van der Waals surface area (Å²) >= 11 is 0.